The number of hydrogen-bond donors (Lipinski definition) is 0. The van der Waals surface area contributed by atoms with Crippen LogP contribution >= 0.6 is 0 Å². The first kappa shape index (κ1) is 11.1. The zero-order valence-corrected chi connectivity index (χ0v) is 7.74. The average Bonchev–Trinajstić information content (AvgIpc) is 1.98. The molecule has 0 spiro atoms. The molecule has 0 radical (unpaired) electrons. The van der Waals surface area contributed by atoms with E-state index in [1.165, 1.54) is 5.06 Å². The van der Waals surface area contributed by atoms with Gasteiger partial charge in [0.1, 0.15) is 6.29 Å². The third-order valence-corrected chi connectivity index (χ3v) is 1.20. The fraction of sp³-hybridized carbons (Fsp3) is 0.750. The van der Waals surface area contributed by atoms with Crippen molar-refractivity contribution >= 4 is 12.2 Å². The van der Waals surface area contributed by atoms with Gasteiger partial charge in [-0.2, -0.15) is 0 Å². The van der Waals surface area contributed by atoms with E-state index in [1.807, 2.05) is 13.8 Å². The Kier molecular flexibility index (Phi) is 5.28. The summed E-state index contributed by atoms with van der Waals surface area (Å²) in [5.41, 5.74) is 0. The minimum absolute atomic E-state index is 0.0184. The number of carbonyl (C=O) groups is 2. The van der Waals surface area contributed by atoms with Gasteiger partial charge in [0, 0.05) is 19.9 Å². The minimum Gasteiger partial charge on any atom is -0.303 e. The monoisotopic (exact) mass is 173 g/mol. The zero-order chi connectivity index (χ0) is 9.56. The second-order valence-corrected chi connectivity index (χ2v) is 2.75. The quantitative estimate of drug-likeness (QED) is 0.455. The van der Waals surface area contributed by atoms with Crippen LogP contribution in [0.2, 0.25) is 0 Å². The normalized spacial score (nSPS) is 10.0. The maximum absolute atomic E-state index is 11.1. The molecule has 0 bridgehead atoms. The number of nitrogens with zero attached hydrogens (tertiary/aromatic N) is 1. The van der Waals surface area contributed by atoms with Crippen LogP contribution in [0, 0.1) is 0 Å². The van der Waals surface area contributed by atoms with Crippen molar-refractivity contribution in [2.24, 2.45) is 0 Å². The summed E-state index contributed by atoms with van der Waals surface area (Å²) in [4.78, 5) is 26.1. The SMILES string of the molecule is CC(C)ON(C)C(=O)CCC=O. The lowest BCUT2D eigenvalue weighted by Crippen LogP contribution is -2.29. The van der Waals surface area contributed by atoms with Crippen LogP contribution in [0.5, 0.6) is 0 Å². The summed E-state index contributed by atoms with van der Waals surface area (Å²) in [6, 6.07) is 0. The highest BCUT2D eigenvalue weighted by molar-refractivity contribution is 5.77. The van der Waals surface area contributed by atoms with Crippen LogP contribution in [0.25, 0.3) is 0 Å². The molecule has 70 valence electrons. The lowest BCUT2D eigenvalue weighted by atomic mass is 10.3. The van der Waals surface area contributed by atoms with Crippen molar-refractivity contribution in [2.45, 2.75) is 32.8 Å². The highest BCUT2D eigenvalue weighted by atomic mass is 16.7. The molecule has 0 N–H and O–H groups in total. The molecule has 0 aliphatic heterocycles. The van der Waals surface area contributed by atoms with Crippen molar-refractivity contribution < 1.29 is 14.4 Å². The largest absolute Gasteiger partial charge is 0.303 e. The van der Waals surface area contributed by atoms with Gasteiger partial charge < -0.3 is 4.79 Å². The molecule has 0 unspecified atom stereocenters. The van der Waals surface area contributed by atoms with Gasteiger partial charge in [-0.3, -0.25) is 9.63 Å². The highest BCUT2D eigenvalue weighted by Gasteiger charge is 2.09. The molecule has 0 heterocycles. The van der Waals surface area contributed by atoms with Gasteiger partial charge in [0.05, 0.1) is 6.10 Å². The van der Waals surface area contributed by atoms with E-state index >= 15 is 0 Å². The second kappa shape index (κ2) is 5.71. The summed E-state index contributed by atoms with van der Waals surface area (Å²) in [7, 11) is 1.55. The van der Waals surface area contributed by atoms with E-state index in [4.69, 9.17) is 4.84 Å². The molecule has 0 aromatic rings. The van der Waals surface area contributed by atoms with Crippen LogP contribution in [0.1, 0.15) is 26.7 Å². The molecular formula is C8H15NO3. The topological polar surface area (TPSA) is 46.6 Å². The molecule has 0 fully saturated rings. The van der Waals surface area contributed by atoms with Gasteiger partial charge in [0.2, 0.25) is 5.91 Å². The Morgan fingerprint density at radius 1 is 1.58 bits per heavy atom. The molecule has 0 aliphatic carbocycles. The Balaban J connectivity index is 3.68. The van der Waals surface area contributed by atoms with Gasteiger partial charge in [-0.25, -0.2) is 5.06 Å². The second-order valence-electron chi connectivity index (χ2n) is 2.75. The number of rotatable bonds is 5. The average molecular weight is 173 g/mol. The van der Waals surface area contributed by atoms with Crippen molar-refractivity contribution in [3.63, 3.8) is 0 Å². The predicted octanol–water partition coefficient (Wildman–Crippen LogP) is 0.764. The molecule has 0 atom stereocenters. The van der Waals surface area contributed by atoms with E-state index in [1.54, 1.807) is 7.05 Å². The summed E-state index contributed by atoms with van der Waals surface area (Å²) >= 11 is 0. The third-order valence-electron chi connectivity index (χ3n) is 1.20. The number of hydrogen-bond acceptors (Lipinski definition) is 3. The molecule has 12 heavy (non-hydrogen) atoms. The van der Waals surface area contributed by atoms with Crippen molar-refractivity contribution in [2.75, 3.05) is 7.05 Å². The maximum atomic E-state index is 11.1. The maximum Gasteiger partial charge on any atom is 0.246 e. The zero-order valence-electron chi connectivity index (χ0n) is 7.74. The van der Waals surface area contributed by atoms with Crippen LogP contribution < -0.4 is 0 Å². The minimum atomic E-state index is -0.171. The first-order chi connectivity index (χ1) is 5.57. The third kappa shape index (κ3) is 4.85. The van der Waals surface area contributed by atoms with Crippen LogP contribution in [-0.2, 0) is 14.4 Å². The van der Waals surface area contributed by atoms with Gasteiger partial charge in [0.15, 0.2) is 0 Å². The van der Waals surface area contributed by atoms with Crippen molar-refractivity contribution in [1.29, 1.82) is 0 Å². The van der Waals surface area contributed by atoms with Gasteiger partial charge in [0.25, 0.3) is 0 Å². The Morgan fingerprint density at radius 3 is 2.58 bits per heavy atom. The predicted molar refractivity (Wildman–Crippen MR) is 44.3 cm³/mol. The van der Waals surface area contributed by atoms with Crippen LogP contribution in [0.4, 0.5) is 0 Å². The van der Waals surface area contributed by atoms with E-state index in [0.717, 1.165) is 6.29 Å². The summed E-state index contributed by atoms with van der Waals surface area (Å²) in [5.74, 6) is -0.171. The van der Waals surface area contributed by atoms with E-state index in [2.05, 4.69) is 0 Å². The fourth-order valence-corrected chi connectivity index (χ4v) is 0.715. The summed E-state index contributed by atoms with van der Waals surface area (Å²) in [6.45, 7) is 3.67. The fourth-order valence-electron chi connectivity index (χ4n) is 0.715. The number of carbonyl (C=O) groups excluding carboxylic acids is 2. The molecule has 0 aromatic heterocycles. The lowest BCUT2D eigenvalue weighted by Gasteiger charge is -2.18. The lowest BCUT2D eigenvalue weighted by molar-refractivity contribution is -0.191. The van der Waals surface area contributed by atoms with Crippen LogP contribution in [-0.4, -0.2) is 30.4 Å². The first-order valence-corrected chi connectivity index (χ1v) is 3.95. The molecule has 0 saturated carbocycles. The van der Waals surface area contributed by atoms with Crippen molar-refractivity contribution in [3.05, 3.63) is 0 Å². The van der Waals surface area contributed by atoms with E-state index < -0.39 is 0 Å². The Labute approximate surface area is 72.4 Å². The summed E-state index contributed by atoms with van der Waals surface area (Å²) < 4.78 is 0. The van der Waals surface area contributed by atoms with Gasteiger partial charge in [-0.1, -0.05) is 0 Å². The first-order valence-electron chi connectivity index (χ1n) is 3.95. The van der Waals surface area contributed by atoms with Crippen LogP contribution in [0.15, 0.2) is 0 Å². The smallest absolute Gasteiger partial charge is 0.246 e. The van der Waals surface area contributed by atoms with E-state index in [0.29, 0.717) is 0 Å². The van der Waals surface area contributed by atoms with E-state index in [-0.39, 0.29) is 24.9 Å². The molecule has 4 nitrogen and oxygen atoms in total. The molecule has 0 aliphatic rings. The molecule has 1 amide bonds. The summed E-state index contributed by atoms with van der Waals surface area (Å²) in [6.07, 6.45) is 1.17. The van der Waals surface area contributed by atoms with Gasteiger partial charge >= 0.3 is 0 Å². The Bertz CT molecular complexity index is 156. The van der Waals surface area contributed by atoms with Gasteiger partial charge in [-0.05, 0) is 13.8 Å². The molecular weight excluding hydrogens is 158 g/mol. The summed E-state index contributed by atoms with van der Waals surface area (Å²) in [5, 5.41) is 1.17. The van der Waals surface area contributed by atoms with Crippen molar-refractivity contribution in [1.82, 2.24) is 5.06 Å². The number of hydroxylamine groups is 2. The number of aldehydes is 1. The molecule has 4 heteroatoms. The van der Waals surface area contributed by atoms with Crippen LogP contribution in [0.3, 0.4) is 0 Å². The van der Waals surface area contributed by atoms with Gasteiger partial charge in [-0.15, -0.1) is 0 Å². The molecule has 0 aromatic carbocycles. The number of amides is 1. The standard InChI is InChI=1S/C8H15NO3/c1-7(2)12-9(3)8(11)5-4-6-10/h6-7H,4-5H2,1-3H3. The highest BCUT2D eigenvalue weighted by Crippen LogP contribution is 1.98. The molecule has 0 rings (SSSR count). The van der Waals surface area contributed by atoms with Crippen molar-refractivity contribution in [3.8, 4) is 0 Å². The molecule has 0 saturated heterocycles. The Hall–Kier alpha value is -0.900. The van der Waals surface area contributed by atoms with E-state index in [9.17, 15) is 9.59 Å². The Morgan fingerprint density at radius 2 is 2.17 bits per heavy atom.